The summed E-state index contributed by atoms with van der Waals surface area (Å²) in [6.45, 7) is 10.5. The van der Waals surface area contributed by atoms with Crippen LogP contribution in [0.3, 0.4) is 0 Å². The highest BCUT2D eigenvalue weighted by Gasteiger charge is 2.18. The molecule has 1 saturated carbocycles. The molecule has 2 fully saturated rings. The van der Waals surface area contributed by atoms with Gasteiger partial charge in [0.2, 0.25) is 0 Å². The Kier molecular flexibility index (Phi) is 7.89. The van der Waals surface area contributed by atoms with Crippen LogP contribution in [-0.4, -0.2) is 77.1 Å². The van der Waals surface area contributed by atoms with E-state index in [4.69, 9.17) is 9.73 Å². The van der Waals surface area contributed by atoms with Gasteiger partial charge in [-0.2, -0.15) is 0 Å². The lowest BCUT2D eigenvalue weighted by molar-refractivity contribution is 0.0220. The average Bonchev–Trinajstić information content (AvgIpc) is 3.38. The number of nitrogens with zero attached hydrogens (tertiary/aromatic N) is 5. The van der Waals surface area contributed by atoms with Crippen molar-refractivity contribution in [2.75, 3.05) is 39.4 Å². The molecular weight excluding hydrogens is 342 g/mol. The lowest BCUT2D eigenvalue weighted by Gasteiger charge is -2.31. The van der Waals surface area contributed by atoms with Gasteiger partial charge in [-0.15, -0.1) is 10.2 Å². The van der Waals surface area contributed by atoms with Crippen molar-refractivity contribution in [2.45, 2.75) is 64.6 Å². The molecule has 0 bridgehead atoms. The summed E-state index contributed by atoms with van der Waals surface area (Å²) in [6, 6.07) is 0.983. The molecule has 8 heteroatoms. The summed E-state index contributed by atoms with van der Waals surface area (Å²) < 4.78 is 7.56. The monoisotopic (exact) mass is 377 g/mol. The zero-order valence-corrected chi connectivity index (χ0v) is 16.9. The van der Waals surface area contributed by atoms with Crippen LogP contribution < -0.4 is 10.6 Å². The maximum absolute atomic E-state index is 5.46. The highest BCUT2D eigenvalue weighted by molar-refractivity contribution is 5.80. The predicted octanol–water partition coefficient (Wildman–Crippen LogP) is 1.04. The fourth-order valence-electron chi connectivity index (χ4n) is 3.81. The molecule has 0 aromatic carbocycles. The Bertz CT molecular complexity index is 576. The van der Waals surface area contributed by atoms with Crippen LogP contribution in [0, 0.1) is 0 Å². The first kappa shape index (κ1) is 20.1. The number of rotatable bonds is 8. The number of aliphatic imine (C=N–C) groups is 1. The van der Waals surface area contributed by atoms with Gasteiger partial charge in [0.1, 0.15) is 12.2 Å². The van der Waals surface area contributed by atoms with Crippen LogP contribution in [-0.2, 0) is 17.7 Å². The Labute approximate surface area is 162 Å². The van der Waals surface area contributed by atoms with Gasteiger partial charge in [-0.1, -0.05) is 19.8 Å². The number of hydrogen-bond acceptors (Lipinski definition) is 5. The van der Waals surface area contributed by atoms with E-state index in [1.165, 1.54) is 25.7 Å². The number of ether oxygens (including phenoxy) is 1. The minimum atomic E-state index is 0.431. The quantitative estimate of drug-likeness (QED) is 0.521. The molecule has 152 valence electrons. The van der Waals surface area contributed by atoms with Crippen LogP contribution >= 0.6 is 0 Å². The van der Waals surface area contributed by atoms with Crippen LogP contribution in [0.1, 0.15) is 45.4 Å². The zero-order chi connectivity index (χ0) is 18.9. The van der Waals surface area contributed by atoms with E-state index in [-0.39, 0.29) is 0 Å². The second-order valence-electron chi connectivity index (χ2n) is 7.53. The van der Waals surface area contributed by atoms with Gasteiger partial charge in [0, 0.05) is 44.7 Å². The molecule has 0 amide bonds. The Morgan fingerprint density at radius 3 is 2.85 bits per heavy atom. The smallest absolute Gasteiger partial charge is 0.191 e. The highest BCUT2D eigenvalue weighted by Crippen LogP contribution is 2.17. The van der Waals surface area contributed by atoms with Gasteiger partial charge in [-0.3, -0.25) is 9.89 Å². The standard InChI is InChI=1S/C19H35N7O/c1-3-18-24-22-15-26(18)9-8-20-19(23-17-6-4-5-7-17)21-14-16(2)25-10-12-27-13-11-25/h15-17H,3-14H2,1-2H3,(H2,20,21,23). The van der Waals surface area contributed by atoms with E-state index in [9.17, 15) is 0 Å². The maximum Gasteiger partial charge on any atom is 0.191 e. The van der Waals surface area contributed by atoms with Crippen LogP contribution in [0.25, 0.3) is 0 Å². The fourth-order valence-corrected chi connectivity index (χ4v) is 3.81. The van der Waals surface area contributed by atoms with Crippen molar-refractivity contribution < 1.29 is 4.74 Å². The normalized spacial score (nSPS) is 20.7. The summed E-state index contributed by atoms with van der Waals surface area (Å²) in [5, 5.41) is 15.3. The van der Waals surface area contributed by atoms with Crippen molar-refractivity contribution in [1.29, 1.82) is 0 Å². The number of aryl methyl sites for hydroxylation is 1. The third-order valence-corrected chi connectivity index (χ3v) is 5.54. The summed E-state index contributed by atoms with van der Waals surface area (Å²) >= 11 is 0. The summed E-state index contributed by atoms with van der Waals surface area (Å²) in [4.78, 5) is 7.36. The summed E-state index contributed by atoms with van der Waals surface area (Å²) in [6.07, 6.45) is 7.82. The van der Waals surface area contributed by atoms with Crippen LogP contribution in [0.4, 0.5) is 0 Å². The maximum atomic E-state index is 5.46. The molecular formula is C19H35N7O. The van der Waals surface area contributed by atoms with E-state index >= 15 is 0 Å². The third kappa shape index (κ3) is 6.17. The molecule has 1 unspecified atom stereocenters. The Morgan fingerprint density at radius 2 is 2.11 bits per heavy atom. The highest BCUT2D eigenvalue weighted by atomic mass is 16.5. The minimum Gasteiger partial charge on any atom is -0.379 e. The minimum absolute atomic E-state index is 0.431. The molecule has 27 heavy (non-hydrogen) atoms. The van der Waals surface area contributed by atoms with Gasteiger partial charge in [0.25, 0.3) is 0 Å². The van der Waals surface area contributed by atoms with E-state index in [2.05, 4.69) is 44.1 Å². The number of morpholine rings is 1. The van der Waals surface area contributed by atoms with E-state index < -0.39 is 0 Å². The van der Waals surface area contributed by atoms with Crippen LogP contribution in [0.15, 0.2) is 11.3 Å². The first-order chi connectivity index (χ1) is 13.3. The van der Waals surface area contributed by atoms with Crippen molar-refractivity contribution >= 4 is 5.96 Å². The molecule has 2 heterocycles. The predicted molar refractivity (Wildman–Crippen MR) is 107 cm³/mol. The van der Waals surface area contributed by atoms with Crippen molar-refractivity contribution in [2.24, 2.45) is 4.99 Å². The third-order valence-electron chi connectivity index (χ3n) is 5.54. The Balaban J connectivity index is 1.52. The number of hydrogen-bond donors (Lipinski definition) is 2. The zero-order valence-electron chi connectivity index (χ0n) is 16.9. The van der Waals surface area contributed by atoms with E-state index in [1.807, 2.05) is 6.33 Å². The second-order valence-corrected chi connectivity index (χ2v) is 7.53. The lowest BCUT2D eigenvalue weighted by Crippen LogP contribution is -2.46. The largest absolute Gasteiger partial charge is 0.379 e. The first-order valence-electron chi connectivity index (χ1n) is 10.5. The molecule has 1 aliphatic carbocycles. The van der Waals surface area contributed by atoms with Gasteiger partial charge >= 0.3 is 0 Å². The van der Waals surface area contributed by atoms with E-state index in [1.54, 1.807) is 0 Å². The molecule has 1 aliphatic heterocycles. The van der Waals surface area contributed by atoms with E-state index in [0.29, 0.717) is 12.1 Å². The van der Waals surface area contributed by atoms with Crippen molar-refractivity contribution in [3.63, 3.8) is 0 Å². The molecule has 0 spiro atoms. The number of aromatic nitrogens is 3. The molecule has 1 saturated heterocycles. The van der Waals surface area contributed by atoms with E-state index in [0.717, 1.165) is 64.1 Å². The molecule has 1 aromatic rings. The van der Waals surface area contributed by atoms with Gasteiger partial charge in [-0.25, -0.2) is 0 Å². The van der Waals surface area contributed by atoms with Crippen molar-refractivity contribution in [3.05, 3.63) is 12.2 Å². The van der Waals surface area contributed by atoms with Crippen LogP contribution in [0.2, 0.25) is 0 Å². The van der Waals surface area contributed by atoms with Gasteiger partial charge in [0.05, 0.1) is 19.8 Å². The van der Waals surface area contributed by atoms with Gasteiger partial charge in [-0.05, 0) is 19.8 Å². The summed E-state index contributed by atoms with van der Waals surface area (Å²) in [5.74, 6) is 1.97. The van der Waals surface area contributed by atoms with Crippen molar-refractivity contribution in [3.8, 4) is 0 Å². The fraction of sp³-hybridized carbons (Fsp3) is 0.842. The molecule has 2 N–H and O–H groups in total. The Morgan fingerprint density at radius 1 is 1.33 bits per heavy atom. The average molecular weight is 378 g/mol. The SMILES string of the molecule is CCc1nncn1CCNC(=NCC(C)N1CCOCC1)NC1CCCC1. The van der Waals surface area contributed by atoms with Gasteiger partial charge in [0.15, 0.2) is 5.96 Å². The topological polar surface area (TPSA) is 79.6 Å². The molecule has 2 aliphatic rings. The number of guanidine groups is 1. The van der Waals surface area contributed by atoms with Gasteiger partial charge < -0.3 is 19.9 Å². The second kappa shape index (κ2) is 10.6. The van der Waals surface area contributed by atoms with Crippen LogP contribution in [0.5, 0.6) is 0 Å². The molecule has 1 atom stereocenters. The summed E-state index contributed by atoms with van der Waals surface area (Å²) in [7, 11) is 0. The van der Waals surface area contributed by atoms with Crippen molar-refractivity contribution in [1.82, 2.24) is 30.3 Å². The summed E-state index contributed by atoms with van der Waals surface area (Å²) in [5.41, 5.74) is 0. The molecule has 0 radical (unpaired) electrons. The molecule has 8 nitrogen and oxygen atoms in total. The Hall–Kier alpha value is -1.67. The lowest BCUT2D eigenvalue weighted by atomic mass is 10.2. The molecule has 3 rings (SSSR count). The first-order valence-corrected chi connectivity index (χ1v) is 10.5. The number of nitrogens with one attached hydrogen (secondary N) is 2. The molecule has 1 aromatic heterocycles.